The number of nitriles is 1. The van der Waals surface area contributed by atoms with Crippen molar-refractivity contribution in [1.29, 1.82) is 5.26 Å². The van der Waals surface area contributed by atoms with Gasteiger partial charge in [0, 0.05) is 16.8 Å². The van der Waals surface area contributed by atoms with E-state index in [2.05, 4.69) is 6.07 Å². The first-order chi connectivity index (χ1) is 10.7. The molecule has 0 spiro atoms. The summed E-state index contributed by atoms with van der Waals surface area (Å²) in [5, 5.41) is 9.52. The van der Waals surface area contributed by atoms with Crippen molar-refractivity contribution >= 4 is 11.6 Å². The molecular formula is C17H14N2O3. The Morgan fingerprint density at radius 1 is 1.05 bits per heavy atom. The summed E-state index contributed by atoms with van der Waals surface area (Å²) in [6.45, 7) is 0. The molecule has 110 valence electrons. The molecule has 0 saturated carbocycles. The van der Waals surface area contributed by atoms with Gasteiger partial charge >= 0.3 is 0 Å². The number of amides is 1. The lowest BCUT2D eigenvalue weighted by atomic mass is 10.1. The molecule has 0 fully saturated rings. The van der Waals surface area contributed by atoms with E-state index in [9.17, 15) is 10.1 Å². The summed E-state index contributed by atoms with van der Waals surface area (Å²) < 4.78 is 10.3. The summed E-state index contributed by atoms with van der Waals surface area (Å²) in [7, 11) is 3.14. The molecule has 1 unspecified atom stereocenters. The molecule has 3 rings (SSSR count). The molecule has 1 atom stereocenters. The van der Waals surface area contributed by atoms with Crippen LogP contribution in [0.1, 0.15) is 22.0 Å². The molecule has 1 heterocycles. The van der Waals surface area contributed by atoms with Gasteiger partial charge < -0.3 is 9.47 Å². The average Bonchev–Trinajstić information content (AvgIpc) is 2.86. The summed E-state index contributed by atoms with van der Waals surface area (Å²) in [5.41, 5.74) is 1.86. The van der Waals surface area contributed by atoms with E-state index in [1.165, 1.54) is 4.90 Å². The zero-order valence-corrected chi connectivity index (χ0v) is 12.2. The number of carbonyl (C=O) groups excluding carboxylic acids is 1. The lowest BCUT2D eigenvalue weighted by Crippen LogP contribution is -2.26. The fourth-order valence-electron chi connectivity index (χ4n) is 2.61. The van der Waals surface area contributed by atoms with Crippen molar-refractivity contribution in [3.63, 3.8) is 0 Å². The lowest BCUT2D eigenvalue weighted by Gasteiger charge is -2.20. The van der Waals surface area contributed by atoms with Crippen LogP contribution in [0.2, 0.25) is 0 Å². The maximum absolute atomic E-state index is 12.6. The largest absolute Gasteiger partial charge is 0.497 e. The van der Waals surface area contributed by atoms with Gasteiger partial charge in [-0.3, -0.25) is 9.69 Å². The SMILES string of the molecule is COc1ccc(N2C(=O)c3ccc(OC)cc3C2C#N)cc1. The second kappa shape index (κ2) is 5.41. The predicted octanol–water partition coefficient (Wildman–Crippen LogP) is 2.93. The number of rotatable bonds is 3. The van der Waals surface area contributed by atoms with Gasteiger partial charge in [-0.2, -0.15) is 5.26 Å². The van der Waals surface area contributed by atoms with Crippen molar-refractivity contribution in [3.05, 3.63) is 53.6 Å². The molecule has 22 heavy (non-hydrogen) atoms. The second-order valence-corrected chi connectivity index (χ2v) is 4.86. The van der Waals surface area contributed by atoms with Crippen LogP contribution in [0.5, 0.6) is 11.5 Å². The number of hydrogen-bond acceptors (Lipinski definition) is 4. The van der Waals surface area contributed by atoms with Crippen LogP contribution >= 0.6 is 0 Å². The molecule has 0 aromatic heterocycles. The second-order valence-electron chi connectivity index (χ2n) is 4.86. The summed E-state index contributed by atoms with van der Waals surface area (Å²) in [5.74, 6) is 1.14. The number of hydrogen-bond donors (Lipinski definition) is 0. The number of carbonyl (C=O) groups is 1. The van der Waals surface area contributed by atoms with Crippen LogP contribution in [0.3, 0.4) is 0 Å². The minimum absolute atomic E-state index is 0.186. The monoisotopic (exact) mass is 294 g/mol. The van der Waals surface area contributed by atoms with Crippen LogP contribution in [0, 0.1) is 11.3 Å². The van der Waals surface area contributed by atoms with E-state index in [1.807, 2.05) is 0 Å². The first-order valence-electron chi connectivity index (χ1n) is 6.74. The summed E-state index contributed by atoms with van der Waals surface area (Å²) >= 11 is 0. The molecule has 2 aromatic rings. The Morgan fingerprint density at radius 3 is 2.27 bits per heavy atom. The molecule has 0 aliphatic carbocycles. The Bertz CT molecular complexity index is 762. The van der Waals surface area contributed by atoms with Gasteiger partial charge in [0.25, 0.3) is 5.91 Å². The van der Waals surface area contributed by atoms with E-state index in [-0.39, 0.29) is 5.91 Å². The lowest BCUT2D eigenvalue weighted by molar-refractivity contribution is 0.0994. The highest BCUT2D eigenvalue weighted by atomic mass is 16.5. The molecule has 5 heteroatoms. The van der Waals surface area contributed by atoms with Crippen LogP contribution < -0.4 is 14.4 Å². The van der Waals surface area contributed by atoms with Crippen molar-refractivity contribution in [1.82, 2.24) is 0 Å². The summed E-state index contributed by atoms with van der Waals surface area (Å²) in [6, 6.07) is 13.8. The molecule has 0 N–H and O–H groups in total. The van der Waals surface area contributed by atoms with Crippen LogP contribution in [0.15, 0.2) is 42.5 Å². The van der Waals surface area contributed by atoms with E-state index in [4.69, 9.17) is 9.47 Å². The van der Waals surface area contributed by atoms with Gasteiger partial charge in [0.2, 0.25) is 0 Å². The number of ether oxygens (including phenoxy) is 2. The number of benzene rings is 2. The average molecular weight is 294 g/mol. The van der Waals surface area contributed by atoms with Gasteiger partial charge in [0.15, 0.2) is 6.04 Å². The van der Waals surface area contributed by atoms with Crippen LogP contribution in [0.25, 0.3) is 0 Å². The molecule has 0 saturated heterocycles. The highest BCUT2D eigenvalue weighted by Gasteiger charge is 2.38. The Morgan fingerprint density at radius 2 is 1.68 bits per heavy atom. The third kappa shape index (κ3) is 2.06. The van der Waals surface area contributed by atoms with Crippen molar-refractivity contribution in [3.8, 4) is 17.6 Å². The summed E-state index contributed by atoms with van der Waals surface area (Å²) in [6.07, 6.45) is 0. The van der Waals surface area contributed by atoms with Crippen LogP contribution in [0.4, 0.5) is 5.69 Å². The van der Waals surface area contributed by atoms with Crippen molar-refractivity contribution in [2.45, 2.75) is 6.04 Å². The summed E-state index contributed by atoms with van der Waals surface area (Å²) in [4.78, 5) is 14.1. The van der Waals surface area contributed by atoms with Gasteiger partial charge in [-0.15, -0.1) is 0 Å². The van der Waals surface area contributed by atoms with E-state index >= 15 is 0 Å². The highest BCUT2D eigenvalue weighted by molar-refractivity contribution is 6.11. The predicted molar refractivity (Wildman–Crippen MR) is 81.2 cm³/mol. The smallest absolute Gasteiger partial charge is 0.260 e. The quantitative estimate of drug-likeness (QED) is 0.873. The Balaban J connectivity index is 2.06. The van der Waals surface area contributed by atoms with Crippen molar-refractivity contribution < 1.29 is 14.3 Å². The Hall–Kier alpha value is -3.00. The third-order valence-corrected chi connectivity index (χ3v) is 3.73. The molecule has 5 nitrogen and oxygen atoms in total. The normalized spacial score (nSPS) is 16.1. The van der Waals surface area contributed by atoms with Gasteiger partial charge in [0.05, 0.1) is 20.3 Å². The molecular weight excluding hydrogens is 280 g/mol. The van der Waals surface area contributed by atoms with Gasteiger partial charge in [0.1, 0.15) is 11.5 Å². The number of nitrogens with zero attached hydrogens (tertiary/aromatic N) is 2. The number of fused-ring (bicyclic) bond motifs is 1. The third-order valence-electron chi connectivity index (χ3n) is 3.73. The standard InChI is InChI=1S/C17H14N2O3/c1-21-12-5-3-11(4-6-12)19-16(10-18)15-9-13(22-2)7-8-14(15)17(19)20/h3-9,16H,1-2H3. The minimum Gasteiger partial charge on any atom is -0.497 e. The maximum Gasteiger partial charge on any atom is 0.260 e. The fourth-order valence-corrected chi connectivity index (χ4v) is 2.61. The number of anilines is 1. The Kier molecular flexibility index (Phi) is 3.43. The van der Waals surface area contributed by atoms with Gasteiger partial charge in [-0.1, -0.05) is 0 Å². The highest BCUT2D eigenvalue weighted by Crippen LogP contribution is 2.39. The zero-order chi connectivity index (χ0) is 15.7. The topological polar surface area (TPSA) is 62.6 Å². The van der Waals surface area contributed by atoms with Crippen molar-refractivity contribution in [2.75, 3.05) is 19.1 Å². The molecule has 1 aliphatic heterocycles. The van der Waals surface area contributed by atoms with E-state index in [1.54, 1.807) is 56.7 Å². The van der Waals surface area contributed by atoms with E-state index < -0.39 is 6.04 Å². The van der Waals surface area contributed by atoms with Crippen LogP contribution in [-0.4, -0.2) is 20.1 Å². The number of methoxy groups -OCH3 is 2. The van der Waals surface area contributed by atoms with Crippen molar-refractivity contribution in [2.24, 2.45) is 0 Å². The molecule has 0 bridgehead atoms. The maximum atomic E-state index is 12.6. The molecule has 1 amide bonds. The van der Waals surface area contributed by atoms with Gasteiger partial charge in [-0.05, 0) is 42.5 Å². The minimum atomic E-state index is -0.661. The van der Waals surface area contributed by atoms with Gasteiger partial charge in [-0.25, -0.2) is 0 Å². The Labute approximate surface area is 128 Å². The van der Waals surface area contributed by atoms with E-state index in [0.29, 0.717) is 28.3 Å². The molecule has 0 radical (unpaired) electrons. The first kappa shape index (κ1) is 14.0. The van der Waals surface area contributed by atoms with E-state index in [0.717, 1.165) is 0 Å². The molecule has 2 aromatic carbocycles. The zero-order valence-electron chi connectivity index (χ0n) is 12.2. The fraction of sp³-hybridized carbons (Fsp3) is 0.176. The molecule has 1 aliphatic rings. The van der Waals surface area contributed by atoms with Crippen LogP contribution in [-0.2, 0) is 0 Å². The first-order valence-corrected chi connectivity index (χ1v) is 6.74.